The van der Waals surface area contributed by atoms with Crippen LogP contribution >= 0.6 is 11.6 Å². The molecule has 1 aliphatic heterocycles. The molecule has 0 saturated carbocycles. The van der Waals surface area contributed by atoms with Gasteiger partial charge in [0.25, 0.3) is 0 Å². The number of hydrogen-bond acceptors (Lipinski definition) is 8. The van der Waals surface area contributed by atoms with Crippen LogP contribution in [-0.4, -0.2) is 45.1 Å². The summed E-state index contributed by atoms with van der Waals surface area (Å²) in [5.74, 6) is -3.06. The minimum atomic E-state index is -1.10. The number of anilines is 2. The molecule has 39 heavy (non-hydrogen) atoms. The Morgan fingerprint density at radius 2 is 1.95 bits per heavy atom. The van der Waals surface area contributed by atoms with E-state index in [0.717, 1.165) is 6.08 Å². The van der Waals surface area contributed by atoms with Gasteiger partial charge in [0, 0.05) is 36.5 Å². The van der Waals surface area contributed by atoms with E-state index in [4.69, 9.17) is 16.7 Å². The molecule has 12 nitrogen and oxygen atoms in total. The van der Waals surface area contributed by atoms with E-state index in [-0.39, 0.29) is 22.6 Å². The number of carboxylic acids is 1. The van der Waals surface area contributed by atoms with E-state index in [1.54, 1.807) is 23.0 Å². The predicted molar refractivity (Wildman–Crippen MR) is 143 cm³/mol. The van der Waals surface area contributed by atoms with Crippen molar-refractivity contribution in [2.45, 2.75) is 25.9 Å². The Bertz CT molecular complexity index is 1440. The summed E-state index contributed by atoms with van der Waals surface area (Å²) in [4.78, 5) is 37.1. The highest BCUT2D eigenvalue weighted by Crippen LogP contribution is 2.29. The third-order valence-electron chi connectivity index (χ3n) is 5.64. The van der Waals surface area contributed by atoms with Gasteiger partial charge in [0.15, 0.2) is 5.82 Å². The fourth-order valence-corrected chi connectivity index (χ4v) is 3.82. The topological polar surface area (TPSA) is 153 Å². The molecule has 2 heterocycles. The van der Waals surface area contributed by atoms with Crippen LogP contribution in [0.25, 0.3) is 6.08 Å². The summed E-state index contributed by atoms with van der Waals surface area (Å²) in [6, 6.07) is 9.19. The summed E-state index contributed by atoms with van der Waals surface area (Å²) < 4.78 is 16.5. The Morgan fingerprint density at radius 1 is 1.18 bits per heavy atom. The minimum absolute atomic E-state index is 0.0153. The van der Waals surface area contributed by atoms with E-state index >= 15 is 0 Å². The molecular formula is C25H24ClFN8O4. The van der Waals surface area contributed by atoms with Crippen molar-refractivity contribution in [2.75, 3.05) is 10.3 Å². The van der Waals surface area contributed by atoms with E-state index < -0.39 is 29.6 Å². The second kappa shape index (κ2) is 12.2. The number of aromatic carboxylic acids is 1. The first-order valence-corrected chi connectivity index (χ1v) is 12.1. The van der Waals surface area contributed by atoms with Crippen molar-refractivity contribution in [2.24, 2.45) is 5.10 Å². The van der Waals surface area contributed by atoms with Crippen LogP contribution in [0.2, 0.25) is 5.02 Å². The summed E-state index contributed by atoms with van der Waals surface area (Å²) in [7, 11) is 0. The molecule has 2 aromatic carbocycles. The number of rotatable bonds is 10. The Morgan fingerprint density at radius 3 is 2.59 bits per heavy atom. The Kier molecular flexibility index (Phi) is 8.53. The zero-order chi connectivity index (χ0) is 27.9. The van der Waals surface area contributed by atoms with Crippen LogP contribution in [0.15, 0.2) is 59.8 Å². The molecule has 5 N–H and O–H groups in total. The Labute approximate surface area is 227 Å². The SMILES string of the molecule is CCn1ccc(C[C@H](NC(=O)/C=C/c2c(N3C=NNN3)ccc(Cl)c2F)C(=O)Nc2ccc(C(=O)O)cc2)n1. The fourth-order valence-electron chi connectivity index (χ4n) is 3.66. The molecule has 1 atom stereocenters. The van der Waals surface area contributed by atoms with Gasteiger partial charge < -0.3 is 15.7 Å². The lowest BCUT2D eigenvalue weighted by Gasteiger charge is -2.18. The number of carboxylic acid groups (broad SMARTS) is 1. The number of aryl methyl sites for hydroxylation is 1. The van der Waals surface area contributed by atoms with Crippen LogP contribution in [0.3, 0.4) is 0 Å². The second-order valence-electron chi connectivity index (χ2n) is 8.27. The molecule has 0 fully saturated rings. The van der Waals surface area contributed by atoms with Crippen molar-refractivity contribution in [3.63, 3.8) is 0 Å². The number of nitrogens with one attached hydrogen (secondary N) is 4. The molecule has 0 bridgehead atoms. The first-order valence-electron chi connectivity index (χ1n) is 11.7. The number of amides is 2. The summed E-state index contributed by atoms with van der Waals surface area (Å²) in [5, 5.41) is 23.8. The van der Waals surface area contributed by atoms with E-state index in [1.807, 2.05) is 6.92 Å². The number of hydrazone groups is 1. The highest BCUT2D eigenvalue weighted by molar-refractivity contribution is 6.31. The largest absolute Gasteiger partial charge is 0.478 e. The van der Waals surface area contributed by atoms with Gasteiger partial charge in [0.2, 0.25) is 11.8 Å². The lowest BCUT2D eigenvalue weighted by atomic mass is 10.1. The maximum Gasteiger partial charge on any atom is 0.335 e. The van der Waals surface area contributed by atoms with Gasteiger partial charge in [-0.3, -0.25) is 14.3 Å². The van der Waals surface area contributed by atoms with Gasteiger partial charge in [-0.05, 0) is 55.5 Å². The van der Waals surface area contributed by atoms with Crippen LogP contribution in [0.5, 0.6) is 0 Å². The molecule has 0 saturated heterocycles. The summed E-state index contributed by atoms with van der Waals surface area (Å²) in [6.45, 7) is 2.54. The summed E-state index contributed by atoms with van der Waals surface area (Å²) >= 11 is 5.95. The molecule has 3 aromatic rings. The highest BCUT2D eigenvalue weighted by atomic mass is 35.5. The molecule has 4 rings (SSSR count). The Balaban J connectivity index is 1.53. The Hall–Kier alpha value is -4.75. The third kappa shape index (κ3) is 6.77. The maximum absolute atomic E-state index is 14.9. The monoisotopic (exact) mass is 554 g/mol. The lowest BCUT2D eigenvalue weighted by molar-refractivity contribution is -0.123. The number of carbonyl (C=O) groups excluding carboxylic acids is 2. The number of carbonyl (C=O) groups is 3. The molecule has 1 aromatic heterocycles. The van der Waals surface area contributed by atoms with Gasteiger partial charge in [0.05, 0.1) is 22.0 Å². The van der Waals surface area contributed by atoms with Crippen LogP contribution in [0.1, 0.15) is 28.5 Å². The number of benzene rings is 2. The minimum Gasteiger partial charge on any atom is -0.478 e. The first-order chi connectivity index (χ1) is 18.7. The molecule has 14 heteroatoms. The molecule has 1 aliphatic rings. The van der Waals surface area contributed by atoms with Gasteiger partial charge >= 0.3 is 5.97 Å². The van der Waals surface area contributed by atoms with Crippen molar-refractivity contribution >= 4 is 53.2 Å². The normalized spacial score (nSPS) is 13.4. The number of nitrogens with zero attached hydrogens (tertiary/aromatic N) is 4. The molecular weight excluding hydrogens is 531 g/mol. The average Bonchev–Trinajstić information content (AvgIpc) is 3.62. The average molecular weight is 555 g/mol. The quantitative estimate of drug-likeness (QED) is 0.240. The second-order valence-corrected chi connectivity index (χ2v) is 8.67. The summed E-state index contributed by atoms with van der Waals surface area (Å²) in [5.41, 5.74) is 6.50. The first kappa shape index (κ1) is 27.3. The van der Waals surface area contributed by atoms with Crippen molar-refractivity contribution in [1.29, 1.82) is 0 Å². The highest BCUT2D eigenvalue weighted by Gasteiger charge is 2.23. The number of halogens is 2. The van der Waals surface area contributed by atoms with Gasteiger partial charge in [-0.15, -0.1) is 5.53 Å². The maximum atomic E-state index is 14.9. The fraction of sp³-hybridized carbons (Fsp3) is 0.160. The van der Waals surface area contributed by atoms with Crippen LogP contribution in [-0.2, 0) is 22.6 Å². The molecule has 202 valence electrons. The van der Waals surface area contributed by atoms with Crippen molar-refractivity contribution in [3.8, 4) is 0 Å². The lowest BCUT2D eigenvalue weighted by Crippen LogP contribution is -2.44. The smallest absolute Gasteiger partial charge is 0.335 e. The number of aromatic nitrogens is 2. The molecule has 0 unspecified atom stereocenters. The van der Waals surface area contributed by atoms with E-state index in [0.29, 0.717) is 23.6 Å². The predicted octanol–water partition coefficient (Wildman–Crippen LogP) is 2.55. The van der Waals surface area contributed by atoms with Gasteiger partial charge in [0.1, 0.15) is 12.4 Å². The van der Waals surface area contributed by atoms with Crippen LogP contribution < -0.4 is 26.7 Å². The number of hydrazine groups is 2. The molecule has 0 spiro atoms. The van der Waals surface area contributed by atoms with E-state index in [9.17, 15) is 18.8 Å². The third-order valence-corrected chi connectivity index (χ3v) is 5.94. The van der Waals surface area contributed by atoms with Gasteiger partial charge in [-0.25, -0.2) is 19.7 Å². The zero-order valence-electron chi connectivity index (χ0n) is 20.6. The van der Waals surface area contributed by atoms with E-state index in [2.05, 4.69) is 31.9 Å². The molecule has 0 aliphatic carbocycles. The van der Waals surface area contributed by atoms with Crippen molar-refractivity contribution in [1.82, 2.24) is 26.2 Å². The van der Waals surface area contributed by atoms with E-state index in [1.165, 1.54) is 47.8 Å². The van der Waals surface area contributed by atoms with Crippen molar-refractivity contribution < 1.29 is 23.9 Å². The standard InChI is InChI=1S/C25H24ClFN8O4/c1-2-34-12-11-17(31-34)13-20(24(37)29-16-5-3-15(4-6-16)25(38)39)30-22(36)10-7-18-21(35-14-28-32-33-35)9-8-19(26)23(18)27/h3-12,14,20,32-33H,2,13H2,1H3,(H,29,37)(H,30,36)(H,38,39)/b10-7+/t20-/m0/s1. The van der Waals surface area contributed by atoms with Gasteiger partial charge in [-0.1, -0.05) is 11.6 Å². The zero-order valence-corrected chi connectivity index (χ0v) is 21.3. The van der Waals surface area contributed by atoms with Gasteiger partial charge in [-0.2, -0.15) is 10.2 Å². The number of hydrogen-bond donors (Lipinski definition) is 5. The van der Waals surface area contributed by atoms with Crippen molar-refractivity contribution in [3.05, 3.63) is 82.4 Å². The molecule has 2 amide bonds. The molecule has 0 radical (unpaired) electrons. The van der Waals surface area contributed by atoms with Crippen LogP contribution in [0, 0.1) is 5.82 Å². The summed E-state index contributed by atoms with van der Waals surface area (Å²) in [6.07, 6.45) is 5.53. The van der Waals surface area contributed by atoms with Crippen LogP contribution in [0.4, 0.5) is 15.8 Å².